The molecule has 0 fully saturated rings. The third-order valence-corrected chi connectivity index (χ3v) is 5.64. The highest BCUT2D eigenvalue weighted by Gasteiger charge is 2.18. The van der Waals surface area contributed by atoms with E-state index in [2.05, 4.69) is 9.97 Å². The molecule has 27 heavy (non-hydrogen) atoms. The third-order valence-electron chi connectivity index (χ3n) is 4.54. The molecule has 7 heteroatoms. The molecular weight excluding hydrogens is 364 g/mol. The van der Waals surface area contributed by atoms with Gasteiger partial charge in [-0.1, -0.05) is 18.2 Å². The number of ether oxygens (including phenoxy) is 2. The molecule has 0 saturated heterocycles. The van der Waals surface area contributed by atoms with Crippen molar-refractivity contribution in [2.24, 2.45) is 0 Å². The van der Waals surface area contributed by atoms with E-state index in [0.29, 0.717) is 22.5 Å². The molecule has 0 saturated carbocycles. The third kappa shape index (κ3) is 4.03. The van der Waals surface area contributed by atoms with Gasteiger partial charge in [0.2, 0.25) is 0 Å². The second kappa shape index (κ2) is 7.92. The average Bonchev–Trinajstić information content (AvgIpc) is 2.94. The highest BCUT2D eigenvalue weighted by Crippen LogP contribution is 2.27. The summed E-state index contributed by atoms with van der Waals surface area (Å²) in [6, 6.07) is 7.57. The van der Waals surface area contributed by atoms with Gasteiger partial charge in [0.05, 0.1) is 12.5 Å². The zero-order valence-corrected chi connectivity index (χ0v) is 16.6. The average molecular weight is 386 g/mol. The summed E-state index contributed by atoms with van der Waals surface area (Å²) in [5.41, 5.74) is 1.69. The van der Waals surface area contributed by atoms with Gasteiger partial charge in [0.25, 0.3) is 5.56 Å². The first-order valence-electron chi connectivity index (χ1n) is 8.72. The van der Waals surface area contributed by atoms with Crippen LogP contribution in [0.1, 0.15) is 41.3 Å². The number of hydrogen-bond acceptors (Lipinski definition) is 6. The van der Waals surface area contributed by atoms with Gasteiger partial charge >= 0.3 is 5.97 Å². The number of aryl methyl sites for hydroxylation is 3. The fourth-order valence-electron chi connectivity index (χ4n) is 2.92. The lowest BCUT2D eigenvalue weighted by atomic mass is 10.1. The summed E-state index contributed by atoms with van der Waals surface area (Å²) < 4.78 is 10.8. The number of carbonyl (C=O) groups is 1. The van der Waals surface area contributed by atoms with Gasteiger partial charge in [-0.25, -0.2) is 4.98 Å². The summed E-state index contributed by atoms with van der Waals surface area (Å²) in [5, 5.41) is 0.607. The number of aromatic nitrogens is 2. The van der Waals surface area contributed by atoms with Gasteiger partial charge in [0.1, 0.15) is 10.6 Å². The number of rotatable bonds is 6. The van der Waals surface area contributed by atoms with Crippen LogP contribution in [0, 0.1) is 13.8 Å². The molecule has 0 radical (unpaired) electrons. The Bertz CT molecular complexity index is 1040. The highest BCUT2D eigenvalue weighted by atomic mass is 32.1. The van der Waals surface area contributed by atoms with Crippen LogP contribution in [-0.2, 0) is 16.0 Å². The molecule has 1 aromatic carbocycles. The van der Waals surface area contributed by atoms with Crippen LogP contribution in [0.4, 0.5) is 0 Å². The standard InChI is InChI=1S/C20H22N2O4S/c1-11-13(3)27-20-17(11)19(24)21-18(22-20)12(2)26-16(23)10-9-14-7-5-6-8-15(14)25-4/h5-8,12H,9-10H2,1-4H3,(H,21,22,24)/t12-/m0/s1. The van der Waals surface area contributed by atoms with Crippen molar-refractivity contribution in [3.05, 3.63) is 56.4 Å². The van der Waals surface area contributed by atoms with Crippen LogP contribution in [0.2, 0.25) is 0 Å². The first kappa shape index (κ1) is 19.1. The summed E-state index contributed by atoms with van der Waals surface area (Å²) in [6.45, 7) is 5.58. The lowest BCUT2D eigenvalue weighted by molar-refractivity contribution is -0.148. The first-order valence-corrected chi connectivity index (χ1v) is 9.53. The Kier molecular flexibility index (Phi) is 5.60. The van der Waals surface area contributed by atoms with Crippen molar-refractivity contribution in [3.8, 4) is 5.75 Å². The molecule has 0 unspecified atom stereocenters. The van der Waals surface area contributed by atoms with Crippen LogP contribution in [0.3, 0.4) is 0 Å². The summed E-state index contributed by atoms with van der Waals surface area (Å²) in [4.78, 5) is 33.5. The molecule has 0 aliphatic heterocycles. The largest absolute Gasteiger partial charge is 0.496 e. The number of hydrogen-bond donors (Lipinski definition) is 1. The van der Waals surface area contributed by atoms with E-state index in [-0.39, 0.29) is 17.9 Å². The van der Waals surface area contributed by atoms with E-state index in [1.54, 1.807) is 14.0 Å². The van der Waals surface area contributed by atoms with Gasteiger partial charge in [0, 0.05) is 11.3 Å². The predicted octanol–water partition coefficient (Wildman–Crippen LogP) is 3.85. The topological polar surface area (TPSA) is 81.3 Å². The Morgan fingerprint density at radius 1 is 1.30 bits per heavy atom. The van der Waals surface area contributed by atoms with Crippen molar-refractivity contribution >= 4 is 27.5 Å². The smallest absolute Gasteiger partial charge is 0.306 e. The molecule has 3 rings (SSSR count). The van der Waals surface area contributed by atoms with E-state index >= 15 is 0 Å². The maximum absolute atomic E-state index is 12.4. The van der Waals surface area contributed by atoms with Crippen molar-refractivity contribution in [1.29, 1.82) is 0 Å². The van der Waals surface area contributed by atoms with Crippen LogP contribution in [0.5, 0.6) is 5.75 Å². The van der Waals surface area contributed by atoms with E-state index in [4.69, 9.17) is 9.47 Å². The normalized spacial score (nSPS) is 12.1. The maximum atomic E-state index is 12.4. The minimum atomic E-state index is -0.630. The molecule has 1 N–H and O–H groups in total. The number of nitrogens with one attached hydrogen (secondary N) is 1. The van der Waals surface area contributed by atoms with Crippen molar-refractivity contribution in [2.75, 3.05) is 7.11 Å². The Morgan fingerprint density at radius 2 is 2.04 bits per heavy atom. The summed E-state index contributed by atoms with van der Waals surface area (Å²) in [5.74, 6) is 0.757. The zero-order chi connectivity index (χ0) is 19.6. The van der Waals surface area contributed by atoms with Crippen LogP contribution in [0.25, 0.3) is 10.2 Å². The number of para-hydroxylation sites is 1. The van der Waals surface area contributed by atoms with E-state index in [9.17, 15) is 9.59 Å². The maximum Gasteiger partial charge on any atom is 0.306 e. The molecule has 2 heterocycles. The molecule has 0 aliphatic rings. The Morgan fingerprint density at radius 3 is 2.78 bits per heavy atom. The number of methoxy groups -OCH3 is 1. The van der Waals surface area contributed by atoms with E-state index in [1.165, 1.54) is 11.3 Å². The number of benzene rings is 1. The van der Waals surface area contributed by atoms with Crippen molar-refractivity contribution in [1.82, 2.24) is 9.97 Å². The summed E-state index contributed by atoms with van der Waals surface area (Å²) in [6.07, 6.45) is 0.103. The van der Waals surface area contributed by atoms with E-state index in [0.717, 1.165) is 21.8 Å². The SMILES string of the molecule is COc1ccccc1CCC(=O)O[C@@H](C)c1nc2sc(C)c(C)c2c(=O)[nH]1. The fraction of sp³-hybridized carbons (Fsp3) is 0.350. The van der Waals surface area contributed by atoms with Crippen LogP contribution in [-0.4, -0.2) is 23.0 Å². The lowest BCUT2D eigenvalue weighted by Gasteiger charge is -2.13. The number of carbonyl (C=O) groups excluding carboxylic acids is 1. The number of thiophene rings is 1. The molecule has 3 aromatic rings. The quantitative estimate of drug-likeness (QED) is 0.651. The van der Waals surface area contributed by atoms with Gasteiger partial charge < -0.3 is 14.5 Å². The Labute approximate surface area is 161 Å². The number of aromatic amines is 1. The molecule has 6 nitrogen and oxygen atoms in total. The highest BCUT2D eigenvalue weighted by molar-refractivity contribution is 7.18. The van der Waals surface area contributed by atoms with Gasteiger partial charge in [-0.2, -0.15) is 0 Å². The minimum Gasteiger partial charge on any atom is -0.496 e. The van der Waals surface area contributed by atoms with Gasteiger partial charge in [-0.15, -0.1) is 11.3 Å². The van der Waals surface area contributed by atoms with Crippen LogP contribution >= 0.6 is 11.3 Å². The molecule has 0 spiro atoms. The summed E-state index contributed by atoms with van der Waals surface area (Å²) >= 11 is 1.47. The number of esters is 1. The minimum absolute atomic E-state index is 0.200. The van der Waals surface area contributed by atoms with Crippen molar-refractivity contribution in [2.45, 2.75) is 39.7 Å². The molecule has 0 bridgehead atoms. The Hall–Kier alpha value is -2.67. The van der Waals surface area contributed by atoms with Crippen LogP contribution in [0.15, 0.2) is 29.1 Å². The molecule has 0 amide bonds. The monoisotopic (exact) mass is 386 g/mol. The van der Waals surface area contributed by atoms with Crippen LogP contribution < -0.4 is 10.3 Å². The molecule has 2 aromatic heterocycles. The predicted molar refractivity (Wildman–Crippen MR) is 106 cm³/mol. The number of fused-ring (bicyclic) bond motifs is 1. The second-order valence-electron chi connectivity index (χ2n) is 6.36. The second-order valence-corrected chi connectivity index (χ2v) is 7.56. The molecule has 0 aliphatic carbocycles. The Balaban J connectivity index is 1.69. The molecule has 1 atom stereocenters. The lowest BCUT2D eigenvalue weighted by Crippen LogP contribution is -2.17. The number of nitrogens with zero attached hydrogens (tertiary/aromatic N) is 1. The molecule has 142 valence electrons. The zero-order valence-electron chi connectivity index (χ0n) is 15.8. The van der Waals surface area contributed by atoms with Crippen molar-refractivity contribution in [3.63, 3.8) is 0 Å². The van der Waals surface area contributed by atoms with Crippen molar-refractivity contribution < 1.29 is 14.3 Å². The number of H-pyrrole nitrogens is 1. The fourth-order valence-corrected chi connectivity index (χ4v) is 3.96. The van der Waals surface area contributed by atoms with E-state index in [1.807, 2.05) is 38.1 Å². The van der Waals surface area contributed by atoms with Gasteiger partial charge in [-0.05, 0) is 44.4 Å². The van der Waals surface area contributed by atoms with E-state index < -0.39 is 6.10 Å². The molecular formula is C20H22N2O4S. The summed E-state index contributed by atoms with van der Waals surface area (Å²) in [7, 11) is 1.60. The van der Waals surface area contributed by atoms with Gasteiger partial charge in [-0.3, -0.25) is 9.59 Å². The first-order chi connectivity index (χ1) is 12.9. The van der Waals surface area contributed by atoms with Gasteiger partial charge in [0.15, 0.2) is 11.9 Å².